The molecular formula is C19H18N2O5. The Morgan fingerprint density at radius 1 is 1.15 bits per heavy atom. The third-order valence-corrected chi connectivity index (χ3v) is 3.71. The Kier molecular flexibility index (Phi) is 5.48. The molecule has 134 valence electrons. The molecule has 3 aromatic rings. The van der Waals surface area contributed by atoms with Crippen molar-refractivity contribution in [2.75, 3.05) is 7.11 Å². The largest absolute Gasteiger partial charge is 0.497 e. The fourth-order valence-electron chi connectivity index (χ4n) is 2.34. The van der Waals surface area contributed by atoms with Gasteiger partial charge < -0.3 is 19.1 Å². The molecule has 0 fully saturated rings. The van der Waals surface area contributed by atoms with Gasteiger partial charge in [0.1, 0.15) is 11.5 Å². The number of ether oxygens (including phenoxy) is 2. The molecule has 1 N–H and O–H groups in total. The third-order valence-electron chi connectivity index (χ3n) is 3.71. The fraction of sp³-hybridized carbons (Fsp3) is 0.211. The Labute approximate surface area is 150 Å². The molecule has 0 aliphatic heterocycles. The van der Waals surface area contributed by atoms with E-state index in [1.165, 1.54) is 0 Å². The summed E-state index contributed by atoms with van der Waals surface area (Å²) in [6.07, 6.45) is 0.596. The maximum atomic E-state index is 10.6. The van der Waals surface area contributed by atoms with Crippen LogP contribution in [0, 0.1) is 0 Å². The van der Waals surface area contributed by atoms with E-state index >= 15 is 0 Å². The van der Waals surface area contributed by atoms with Crippen molar-refractivity contribution in [3.05, 3.63) is 60.0 Å². The molecule has 0 radical (unpaired) electrons. The van der Waals surface area contributed by atoms with Crippen molar-refractivity contribution in [3.8, 4) is 22.9 Å². The first-order chi connectivity index (χ1) is 12.6. The number of methoxy groups -OCH3 is 1. The number of benzene rings is 2. The van der Waals surface area contributed by atoms with E-state index in [0.29, 0.717) is 29.6 Å². The molecular weight excluding hydrogens is 336 g/mol. The lowest BCUT2D eigenvalue weighted by atomic mass is 10.1. The van der Waals surface area contributed by atoms with Gasteiger partial charge in [-0.1, -0.05) is 29.4 Å². The minimum absolute atomic E-state index is 0.106. The summed E-state index contributed by atoms with van der Waals surface area (Å²) in [4.78, 5) is 14.9. The van der Waals surface area contributed by atoms with E-state index in [1.54, 1.807) is 19.2 Å². The van der Waals surface area contributed by atoms with Crippen LogP contribution < -0.4 is 9.47 Å². The zero-order valence-corrected chi connectivity index (χ0v) is 14.2. The molecule has 0 bridgehead atoms. The molecule has 0 unspecified atom stereocenters. The van der Waals surface area contributed by atoms with Gasteiger partial charge in [0.25, 0.3) is 5.89 Å². The second-order valence-electron chi connectivity index (χ2n) is 5.57. The minimum atomic E-state index is -0.812. The van der Waals surface area contributed by atoms with E-state index in [0.717, 1.165) is 11.1 Å². The monoisotopic (exact) mass is 354 g/mol. The number of aryl methyl sites for hydroxylation is 1. The molecule has 2 aromatic carbocycles. The number of hydrogen-bond acceptors (Lipinski definition) is 6. The summed E-state index contributed by atoms with van der Waals surface area (Å²) in [5.41, 5.74) is 1.74. The van der Waals surface area contributed by atoms with E-state index in [1.807, 2.05) is 36.4 Å². The van der Waals surface area contributed by atoms with Crippen LogP contribution in [-0.4, -0.2) is 28.3 Å². The zero-order valence-electron chi connectivity index (χ0n) is 14.2. The van der Waals surface area contributed by atoms with Crippen LogP contribution in [0.5, 0.6) is 11.5 Å². The van der Waals surface area contributed by atoms with Gasteiger partial charge in [-0.3, -0.25) is 4.79 Å². The van der Waals surface area contributed by atoms with Crippen molar-refractivity contribution in [2.24, 2.45) is 0 Å². The van der Waals surface area contributed by atoms with E-state index in [4.69, 9.17) is 19.1 Å². The Bertz CT molecular complexity index is 874. The number of carboxylic acid groups (broad SMARTS) is 1. The standard InChI is InChI=1S/C19H18N2O5/c1-24-16-4-2-3-14(11-16)19-20-17(26-21-19)12-25-15-8-5-13(6-9-15)7-10-18(22)23/h2-6,8-9,11H,7,10,12H2,1H3,(H,22,23). The van der Waals surface area contributed by atoms with Gasteiger partial charge in [-0.05, 0) is 36.2 Å². The summed E-state index contributed by atoms with van der Waals surface area (Å²) >= 11 is 0. The lowest BCUT2D eigenvalue weighted by Crippen LogP contribution is -1.98. The number of aliphatic carboxylic acids is 1. The number of rotatable bonds is 8. The van der Waals surface area contributed by atoms with Crippen LogP contribution in [-0.2, 0) is 17.8 Å². The van der Waals surface area contributed by atoms with Crippen LogP contribution in [0.25, 0.3) is 11.4 Å². The van der Waals surface area contributed by atoms with Gasteiger partial charge in [-0.25, -0.2) is 0 Å². The average molecular weight is 354 g/mol. The molecule has 0 saturated heterocycles. The van der Waals surface area contributed by atoms with Crippen LogP contribution in [0.3, 0.4) is 0 Å². The van der Waals surface area contributed by atoms with Crippen LogP contribution in [0.15, 0.2) is 53.1 Å². The van der Waals surface area contributed by atoms with Gasteiger partial charge in [0.05, 0.1) is 7.11 Å². The predicted molar refractivity (Wildman–Crippen MR) is 93.0 cm³/mol. The molecule has 1 aromatic heterocycles. The van der Waals surface area contributed by atoms with Gasteiger partial charge in [-0.2, -0.15) is 4.98 Å². The Morgan fingerprint density at radius 3 is 2.69 bits per heavy atom. The van der Waals surface area contributed by atoms with Gasteiger partial charge in [0.15, 0.2) is 6.61 Å². The molecule has 0 atom stereocenters. The van der Waals surface area contributed by atoms with Crippen molar-refractivity contribution in [1.29, 1.82) is 0 Å². The number of aromatic nitrogens is 2. The SMILES string of the molecule is COc1cccc(-c2noc(COc3ccc(CCC(=O)O)cc3)n2)c1. The normalized spacial score (nSPS) is 10.5. The molecule has 0 spiro atoms. The molecule has 3 rings (SSSR count). The maximum absolute atomic E-state index is 10.6. The molecule has 0 aliphatic rings. The van der Waals surface area contributed by atoms with Crippen molar-refractivity contribution in [2.45, 2.75) is 19.4 Å². The van der Waals surface area contributed by atoms with Crippen molar-refractivity contribution in [3.63, 3.8) is 0 Å². The Morgan fingerprint density at radius 2 is 1.96 bits per heavy atom. The lowest BCUT2D eigenvalue weighted by molar-refractivity contribution is -0.136. The maximum Gasteiger partial charge on any atom is 0.303 e. The van der Waals surface area contributed by atoms with Crippen molar-refractivity contribution >= 4 is 5.97 Å². The smallest absolute Gasteiger partial charge is 0.303 e. The second kappa shape index (κ2) is 8.15. The van der Waals surface area contributed by atoms with Crippen molar-refractivity contribution < 1.29 is 23.9 Å². The van der Waals surface area contributed by atoms with Crippen LogP contribution in [0.2, 0.25) is 0 Å². The highest BCUT2D eigenvalue weighted by Crippen LogP contribution is 2.22. The Balaban J connectivity index is 1.58. The molecule has 7 heteroatoms. The van der Waals surface area contributed by atoms with Crippen molar-refractivity contribution in [1.82, 2.24) is 10.1 Å². The molecule has 26 heavy (non-hydrogen) atoms. The summed E-state index contributed by atoms with van der Waals surface area (Å²) in [7, 11) is 1.60. The van der Waals surface area contributed by atoms with E-state index < -0.39 is 5.97 Å². The summed E-state index contributed by atoms with van der Waals surface area (Å²) in [5, 5.41) is 12.7. The molecule has 0 saturated carbocycles. The summed E-state index contributed by atoms with van der Waals surface area (Å²) < 4.78 is 16.0. The Hall–Kier alpha value is -3.35. The van der Waals surface area contributed by atoms with Gasteiger partial charge in [-0.15, -0.1) is 0 Å². The summed E-state index contributed by atoms with van der Waals surface area (Å²) in [5.74, 6) is 1.37. The molecule has 0 aliphatic carbocycles. The zero-order chi connectivity index (χ0) is 18.4. The quantitative estimate of drug-likeness (QED) is 0.663. The predicted octanol–water partition coefficient (Wildman–Crippen LogP) is 3.34. The fourth-order valence-corrected chi connectivity index (χ4v) is 2.34. The minimum Gasteiger partial charge on any atom is -0.497 e. The third kappa shape index (κ3) is 4.60. The van der Waals surface area contributed by atoms with E-state index in [2.05, 4.69) is 10.1 Å². The van der Waals surface area contributed by atoms with E-state index in [-0.39, 0.29) is 13.0 Å². The molecule has 1 heterocycles. The van der Waals surface area contributed by atoms with Gasteiger partial charge in [0, 0.05) is 12.0 Å². The van der Waals surface area contributed by atoms with Crippen LogP contribution >= 0.6 is 0 Å². The van der Waals surface area contributed by atoms with E-state index in [9.17, 15) is 4.79 Å². The highest BCUT2D eigenvalue weighted by atomic mass is 16.5. The highest BCUT2D eigenvalue weighted by molar-refractivity contribution is 5.67. The second-order valence-corrected chi connectivity index (χ2v) is 5.57. The number of carbonyl (C=O) groups is 1. The summed E-state index contributed by atoms with van der Waals surface area (Å²) in [6, 6.07) is 14.6. The highest BCUT2D eigenvalue weighted by Gasteiger charge is 2.10. The molecule has 0 amide bonds. The number of nitrogens with zero attached hydrogens (tertiary/aromatic N) is 2. The van der Waals surface area contributed by atoms with Crippen LogP contribution in [0.4, 0.5) is 0 Å². The van der Waals surface area contributed by atoms with Crippen LogP contribution in [0.1, 0.15) is 17.9 Å². The summed E-state index contributed by atoms with van der Waals surface area (Å²) in [6.45, 7) is 0.144. The number of carboxylic acids is 1. The van der Waals surface area contributed by atoms with Gasteiger partial charge >= 0.3 is 5.97 Å². The first-order valence-electron chi connectivity index (χ1n) is 8.04. The molecule has 7 nitrogen and oxygen atoms in total. The number of hydrogen-bond donors (Lipinski definition) is 1. The first kappa shape index (κ1) is 17.5. The topological polar surface area (TPSA) is 94.7 Å². The lowest BCUT2D eigenvalue weighted by Gasteiger charge is -2.04. The first-order valence-corrected chi connectivity index (χ1v) is 8.04. The van der Waals surface area contributed by atoms with Gasteiger partial charge in [0.2, 0.25) is 5.82 Å². The average Bonchev–Trinajstić information content (AvgIpc) is 3.14.